The maximum atomic E-state index is 13.0. The fraction of sp³-hybridized carbons (Fsp3) is 0.393. The van der Waals surface area contributed by atoms with E-state index in [1.807, 2.05) is 18.2 Å². The number of ketones is 1. The van der Waals surface area contributed by atoms with Gasteiger partial charge in [0.05, 0.1) is 12.7 Å². The predicted molar refractivity (Wildman–Crippen MR) is 134 cm³/mol. The van der Waals surface area contributed by atoms with E-state index in [-0.39, 0.29) is 17.3 Å². The number of likely N-dealkylation sites (tertiary alicyclic amines) is 1. The van der Waals surface area contributed by atoms with Gasteiger partial charge in [-0.2, -0.15) is 0 Å². The molecule has 0 aliphatic carbocycles. The molecule has 178 valence electrons. The van der Waals surface area contributed by atoms with E-state index < -0.39 is 0 Å². The molecule has 2 aliphatic heterocycles. The lowest BCUT2D eigenvalue weighted by molar-refractivity contribution is 0.101. The van der Waals surface area contributed by atoms with Gasteiger partial charge < -0.3 is 24.0 Å². The third-order valence-corrected chi connectivity index (χ3v) is 7.06. The van der Waals surface area contributed by atoms with Gasteiger partial charge in [0.15, 0.2) is 5.76 Å². The van der Waals surface area contributed by atoms with E-state index >= 15 is 0 Å². The second kappa shape index (κ2) is 9.55. The minimum atomic E-state index is -0.167. The summed E-state index contributed by atoms with van der Waals surface area (Å²) in [5.74, 6) is 1.36. The number of hydrogen-bond acceptors (Lipinski definition) is 5. The van der Waals surface area contributed by atoms with Crippen LogP contribution in [0.5, 0.6) is 17.2 Å². The summed E-state index contributed by atoms with van der Waals surface area (Å²) in [7, 11) is 1.66. The molecule has 6 nitrogen and oxygen atoms in total. The monoisotopic (exact) mass is 460 g/mol. The van der Waals surface area contributed by atoms with Crippen molar-refractivity contribution in [1.82, 2.24) is 9.47 Å². The van der Waals surface area contributed by atoms with Gasteiger partial charge in [0.1, 0.15) is 17.2 Å². The van der Waals surface area contributed by atoms with Gasteiger partial charge in [-0.25, -0.2) is 0 Å². The molecule has 1 N–H and O–H groups in total. The topological polar surface area (TPSA) is 63.9 Å². The van der Waals surface area contributed by atoms with Crippen molar-refractivity contribution in [1.29, 1.82) is 0 Å². The standard InChI is InChI=1S/C28H32N2O4/c1-19-23(18-27-28(32)22-10-8-20(31)16-26(22)34-27)24-17-21(33-2)9-11-25(24)30(19)15-7-14-29-12-5-3-4-6-13-29/h8-11,16-18,31H,3-7,12-15H2,1-2H3. The number of aryl methyl sites for hydroxylation is 1. The minimum absolute atomic E-state index is 0.0785. The molecule has 34 heavy (non-hydrogen) atoms. The second-order valence-corrected chi connectivity index (χ2v) is 9.26. The zero-order valence-corrected chi connectivity index (χ0v) is 20.0. The van der Waals surface area contributed by atoms with E-state index in [0.717, 1.165) is 47.4 Å². The number of hydrogen-bond donors (Lipinski definition) is 1. The maximum Gasteiger partial charge on any atom is 0.231 e. The van der Waals surface area contributed by atoms with Crippen LogP contribution in [-0.4, -0.2) is 47.1 Å². The van der Waals surface area contributed by atoms with Gasteiger partial charge in [-0.15, -0.1) is 0 Å². The molecule has 1 aromatic heterocycles. The number of fused-ring (bicyclic) bond motifs is 2. The lowest BCUT2D eigenvalue weighted by Crippen LogP contribution is -2.26. The fourth-order valence-corrected chi connectivity index (χ4v) is 5.20. The van der Waals surface area contributed by atoms with E-state index in [2.05, 4.69) is 22.5 Å². The summed E-state index contributed by atoms with van der Waals surface area (Å²) < 4.78 is 13.7. The third-order valence-electron chi connectivity index (χ3n) is 7.06. The number of aromatic nitrogens is 1. The molecule has 5 rings (SSSR count). The third kappa shape index (κ3) is 4.30. The molecular formula is C28H32N2O4. The molecule has 2 aliphatic rings. The molecule has 6 heteroatoms. The molecule has 0 saturated carbocycles. The van der Waals surface area contributed by atoms with Crippen LogP contribution in [0.4, 0.5) is 0 Å². The summed E-state index contributed by atoms with van der Waals surface area (Å²) >= 11 is 0. The van der Waals surface area contributed by atoms with Crippen molar-refractivity contribution in [2.45, 2.75) is 45.6 Å². The van der Waals surface area contributed by atoms with Gasteiger partial charge in [-0.1, -0.05) is 12.8 Å². The zero-order valence-electron chi connectivity index (χ0n) is 20.0. The van der Waals surface area contributed by atoms with Gasteiger partial charge in [0.25, 0.3) is 0 Å². The Labute approximate surface area is 200 Å². The van der Waals surface area contributed by atoms with Gasteiger partial charge in [0, 0.05) is 34.8 Å². The Hall–Kier alpha value is -3.25. The zero-order chi connectivity index (χ0) is 23.7. The normalized spacial score (nSPS) is 17.7. The second-order valence-electron chi connectivity index (χ2n) is 9.26. The Morgan fingerprint density at radius 2 is 1.85 bits per heavy atom. The quantitative estimate of drug-likeness (QED) is 0.489. The Bertz CT molecular complexity index is 1250. The maximum absolute atomic E-state index is 13.0. The number of aromatic hydroxyl groups is 1. The number of rotatable bonds is 6. The Kier molecular flexibility index (Phi) is 6.33. The SMILES string of the molecule is COc1ccc2c(c1)c(C=C1Oc3cc(O)ccc3C1=O)c(C)n2CCCN1CCCCCC1. The van der Waals surface area contributed by atoms with Gasteiger partial charge in [-0.3, -0.25) is 4.79 Å². The van der Waals surface area contributed by atoms with Crippen LogP contribution in [0.1, 0.15) is 53.7 Å². The Balaban J connectivity index is 1.46. The number of allylic oxidation sites excluding steroid dienone is 1. The number of phenols is 1. The first-order valence-electron chi connectivity index (χ1n) is 12.2. The highest BCUT2D eigenvalue weighted by Gasteiger charge is 2.28. The summed E-state index contributed by atoms with van der Waals surface area (Å²) in [4.78, 5) is 15.5. The van der Waals surface area contributed by atoms with Crippen LogP contribution < -0.4 is 9.47 Å². The number of carbonyl (C=O) groups is 1. The molecule has 3 aromatic rings. The van der Waals surface area contributed by atoms with E-state index in [9.17, 15) is 9.90 Å². The largest absolute Gasteiger partial charge is 0.508 e. The molecule has 3 heterocycles. The van der Waals surface area contributed by atoms with E-state index in [1.54, 1.807) is 13.2 Å². The predicted octanol–water partition coefficient (Wildman–Crippen LogP) is 5.55. The van der Waals surface area contributed by atoms with Crippen LogP contribution in [-0.2, 0) is 6.54 Å². The first-order valence-corrected chi connectivity index (χ1v) is 12.2. The first-order chi connectivity index (χ1) is 16.5. The van der Waals surface area contributed by atoms with Crippen LogP contribution in [0.3, 0.4) is 0 Å². The van der Waals surface area contributed by atoms with Crippen LogP contribution in [0.15, 0.2) is 42.2 Å². The summed E-state index contributed by atoms with van der Waals surface area (Å²) in [6.45, 7) is 6.53. The van der Waals surface area contributed by atoms with Crippen molar-refractivity contribution in [2.24, 2.45) is 0 Å². The lowest BCUT2D eigenvalue weighted by atomic mass is 10.1. The van der Waals surface area contributed by atoms with Crippen molar-refractivity contribution >= 4 is 22.8 Å². The van der Waals surface area contributed by atoms with Crippen LogP contribution in [0.2, 0.25) is 0 Å². The average molecular weight is 461 g/mol. The number of ether oxygens (including phenoxy) is 2. The summed E-state index contributed by atoms with van der Waals surface area (Å²) in [5.41, 5.74) is 3.66. The van der Waals surface area contributed by atoms with Crippen LogP contribution >= 0.6 is 0 Å². The smallest absolute Gasteiger partial charge is 0.231 e. The van der Waals surface area contributed by atoms with Crippen molar-refractivity contribution in [2.75, 3.05) is 26.7 Å². The highest BCUT2D eigenvalue weighted by molar-refractivity contribution is 6.15. The summed E-state index contributed by atoms with van der Waals surface area (Å²) in [6.07, 6.45) is 8.22. The van der Waals surface area contributed by atoms with Crippen LogP contribution in [0.25, 0.3) is 17.0 Å². The number of benzene rings is 2. The molecule has 0 radical (unpaired) electrons. The first kappa shape index (κ1) is 22.5. The molecule has 0 unspecified atom stereocenters. The average Bonchev–Trinajstić information content (AvgIpc) is 3.12. The van der Waals surface area contributed by atoms with Crippen molar-refractivity contribution in [3.63, 3.8) is 0 Å². The number of methoxy groups -OCH3 is 1. The Morgan fingerprint density at radius 3 is 2.62 bits per heavy atom. The van der Waals surface area contributed by atoms with E-state index in [0.29, 0.717) is 11.3 Å². The number of nitrogens with zero attached hydrogens (tertiary/aromatic N) is 2. The van der Waals surface area contributed by atoms with Gasteiger partial charge in [0.2, 0.25) is 5.78 Å². The molecule has 0 bridgehead atoms. The molecule has 0 amide bonds. The van der Waals surface area contributed by atoms with Crippen molar-refractivity contribution in [3.8, 4) is 17.2 Å². The van der Waals surface area contributed by atoms with Gasteiger partial charge in [-0.05, 0) is 82.2 Å². The lowest BCUT2D eigenvalue weighted by Gasteiger charge is -2.20. The molecule has 1 saturated heterocycles. The molecular weight excluding hydrogens is 428 g/mol. The number of phenolic OH excluding ortho intramolecular Hbond substituents is 1. The van der Waals surface area contributed by atoms with E-state index in [4.69, 9.17) is 9.47 Å². The van der Waals surface area contributed by atoms with E-state index in [1.165, 1.54) is 50.9 Å². The summed E-state index contributed by atoms with van der Waals surface area (Å²) in [6, 6.07) is 10.7. The van der Waals surface area contributed by atoms with Gasteiger partial charge >= 0.3 is 0 Å². The molecule has 2 aromatic carbocycles. The highest BCUT2D eigenvalue weighted by atomic mass is 16.5. The Morgan fingerprint density at radius 1 is 1.06 bits per heavy atom. The molecule has 1 fully saturated rings. The minimum Gasteiger partial charge on any atom is -0.508 e. The van der Waals surface area contributed by atoms with Crippen molar-refractivity contribution < 1.29 is 19.4 Å². The number of carbonyl (C=O) groups excluding carboxylic acids is 1. The highest BCUT2D eigenvalue weighted by Crippen LogP contribution is 2.37. The molecule has 0 atom stereocenters. The van der Waals surface area contributed by atoms with Crippen LogP contribution in [0, 0.1) is 6.92 Å². The summed E-state index contributed by atoms with van der Waals surface area (Å²) in [5, 5.41) is 10.8. The number of Topliss-reactive ketones (excluding diaryl/α,β-unsaturated/α-hetero) is 1. The fourth-order valence-electron chi connectivity index (χ4n) is 5.20. The molecule has 0 spiro atoms. The van der Waals surface area contributed by atoms with Crippen molar-refractivity contribution in [3.05, 3.63) is 59.0 Å².